The molecule has 0 unspecified atom stereocenters. The number of nitrogens with one attached hydrogen (secondary N) is 2. The molecule has 2 aromatic rings. The first-order valence-corrected chi connectivity index (χ1v) is 7.85. The van der Waals surface area contributed by atoms with Crippen molar-refractivity contribution in [1.82, 2.24) is 5.32 Å². The highest BCUT2D eigenvalue weighted by Crippen LogP contribution is 2.39. The highest BCUT2D eigenvalue weighted by molar-refractivity contribution is 7.80. The molecule has 1 fully saturated rings. The molecule has 1 aromatic carbocycles. The molecule has 0 atom stereocenters. The summed E-state index contributed by atoms with van der Waals surface area (Å²) < 4.78 is 5.62. The number of hydrogen-bond acceptors (Lipinski definition) is 2. The molecule has 110 valence electrons. The summed E-state index contributed by atoms with van der Waals surface area (Å²) in [6, 6.07) is 11.5. The summed E-state index contributed by atoms with van der Waals surface area (Å²) >= 11 is 11.4. The molecule has 21 heavy (non-hydrogen) atoms. The first kappa shape index (κ1) is 14.4. The zero-order chi connectivity index (χ0) is 14.7. The molecule has 0 amide bonds. The van der Waals surface area contributed by atoms with E-state index in [1.54, 1.807) is 6.26 Å². The largest absolute Gasteiger partial charge is 0.467 e. The normalized spacial score (nSPS) is 16.6. The lowest BCUT2D eigenvalue weighted by Gasteiger charge is -2.29. The van der Waals surface area contributed by atoms with Crippen LogP contribution in [0.2, 0.25) is 5.02 Å². The van der Waals surface area contributed by atoms with Crippen molar-refractivity contribution in [2.75, 3.05) is 5.32 Å². The van der Waals surface area contributed by atoms with Crippen molar-refractivity contribution in [3.05, 3.63) is 53.4 Å². The maximum absolute atomic E-state index is 5.99. The molecule has 1 saturated carbocycles. The van der Waals surface area contributed by atoms with E-state index in [-0.39, 0.29) is 5.54 Å². The number of hydrogen-bond donors (Lipinski definition) is 2. The summed E-state index contributed by atoms with van der Waals surface area (Å²) in [5.74, 6) is 0.954. The molecule has 1 aliphatic rings. The van der Waals surface area contributed by atoms with Gasteiger partial charge < -0.3 is 15.1 Å². The quantitative estimate of drug-likeness (QED) is 0.805. The zero-order valence-electron chi connectivity index (χ0n) is 11.6. The zero-order valence-corrected chi connectivity index (χ0v) is 13.1. The number of furan rings is 1. The maximum atomic E-state index is 5.99. The third-order valence-corrected chi connectivity index (χ3v) is 4.32. The van der Waals surface area contributed by atoms with Gasteiger partial charge in [-0.05, 0) is 55.4 Å². The van der Waals surface area contributed by atoms with E-state index in [1.807, 2.05) is 36.4 Å². The van der Waals surface area contributed by atoms with Gasteiger partial charge in [0.1, 0.15) is 5.76 Å². The molecule has 1 aliphatic carbocycles. The van der Waals surface area contributed by atoms with Crippen molar-refractivity contribution in [3.63, 3.8) is 0 Å². The minimum atomic E-state index is -0.188. The SMILES string of the molecule is S=C(Nc1cccc(Cl)c1)NC1(c2ccco2)CCCC1. The Bertz CT molecular complexity index is 621. The first-order valence-electron chi connectivity index (χ1n) is 7.07. The van der Waals surface area contributed by atoms with E-state index in [4.69, 9.17) is 28.2 Å². The van der Waals surface area contributed by atoms with Crippen LogP contribution in [0.1, 0.15) is 31.4 Å². The molecular weight excluding hydrogens is 304 g/mol. The van der Waals surface area contributed by atoms with Crippen molar-refractivity contribution in [3.8, 4) is 0 Å². The molecule has 0 saturated heterocycles. The Balaban J connectivity index is 1.73. The summed E-state index contributed by atoms with van der Waals surface area (Å²) in [5.41, 5.74) is 0.694. The number of anilines is 1. The van der Waals surface area contributed by atoms with Gasteiger partial charge in [-0.1, -0.05) is 30.5 Å². The van der Waals surface area contributed by atoms with Gasteiger partial charge in [0.05, 0.1) is 11.8 Å². The Morgan fingerprint density at radius 1 is 1.19 bits per heavy atom. The average molecular weight is 321 g/mol. The average Bonchev–Trinajstić information content (AvgIpc) is 3.09. The van der Waals surface area contributed by atoms with E-state index in [2.05, 4.69) is 10.6 Å². The van der Waals surface area contributed by atoms with Crippen LogP contribution in [0.25, 0.3) is 0 Å². The Hall–Kier alpha value is -1.52. The van der Waals surface area contributed by atoms with Crippen molar-refractivity contribution in [2.45, 2.75) is 31.2 Å². The molecule has 3 nitrogen and oxygen atoms in total. The Labute approximate surface area is 134 Å². The number of thiocarbonyl (C=S) groups is 1. The molecular formula is C16H17ClN2OS. The second-order valence-corrected chi connectivity index (χ2v) is 6.20. The molecule has 3 rings (SSSR count). The lowest BCUT2D eigenvalue weighted by molar-refractivity contribution is 0.317. The van der Waals surface area contributed by atoms with Crippen molar-refractivity contribution in [2.24, 2.45) is 0 Å². The molecule has 2 N–H and O–H groups in total. The Morgan fingerprint density at radius 2 is 2.00 bits per heavy atom. The van der Waals surface area contributed by atoms with E-state index in [1.165, 1.54) is 12.8 Å². The predicted molar refractivity (Wildman–Crippen MR) is 89.7 cm³/mol. The monoisotopic (exact) mass is 320 g/mol. The number of benzene rings is 1. The van der Waals surface area contributed by atoms with E-state index in [0.717, 1.165) is 24.3 Å². The highest BCUT2D eigenvalue weighted by Gasteiger charge is 2.38. The lowest BCUT2D eigenvalue weighted by atomic mass is 9.94. The standard InChI is InChI=1S/C16H17ClN2OS/c17-12-5-3-6-13(11-12)18-15(21)19-16(8-1-2-9-16)14-7-4-10-20-14/h3-7,10-11H,1-2,8-9H2,(H2,18,19,21). The van der Waals surface area contributed by atoms with Crippen LogP contribution >= 0.6 is 23.8 Å². The summed E-state index contributed by atoms with van der Waals surface area (Å²) in [5, 5.41) is 7.91. The predicted octanol–water partition coefficient (Wildman–Crippen LogP) is 4.69. The molecule has 1 aromatic heterocycles. The van der Waals surface area contributed by atoms with Crippen molar-refractivity contribution in [1.29, 1.82) is 0 Å². The van der Waals surface area contributed by atoms with Crippen LogP contribution in [0.15, 0.2) is 47.1 Å². The third kappa shape index (κ3) is 3.22. The smallest absolute Gasteiger partial charge is 0.171 e. The fraction of sp³-hybridized carbons (Fsp3) is 0.312. The topological polar surface area (TPSA) is 37.2 Å². The van der Waals surface area contributed by atoms with Gasteiger partial charge in [-0.15, -0.1) is 0 Å². The van der Waals surface area contributed by atoms with Crippen LogP contribution in [-0.2, 0) is 5.54 Å². The lowest BCUT2D eigenvalue weighted by Crippen LogP contribution is -2.45. The van der Waals surface area contributed by atoms with Gasteiger partial charge in [0, 0.05) is 10.7 Å². The van der Waals surface area contributed by atoms with E-state index in [9.17, 15) is 0 Å². The van der Waals surface area contributed by atoms with Gasteiger partial charge in [0.2, 0.25) is 0 Å². The van der Waals surface area contributed by atoms with E-state index < -0.39 is 0 Å². The van der Waals surface area contributed by atoms with Gasteiger partial charge in [-0.25, -0.2) is 0 Å². The summed E-state index contributed by atoms with van der Waals surface area (Å²) in [6.45, 7) is 0. The van der Waals surface area contributed by atoms with Crippen LogP contribution in [0.4, 0.5) is 5.69 Å². The van der Waals surface area contributed by atoms with Crippen LogP contribution in [-0.4, -0.2) is 5.11 Å². The van der Waals surface area contributed by atoms with Crippen LogP contribution in [0, 0.1) is 0 Å². The minimum absolute atomic E-state index is 0.188. The van der Waals surface area contributed by atoms with Gasteiger partial charge >= 0.3 is 0 Å². The van der Waals surface area contributed by atoms with E-state index in [0.29, 0.717) is 10.1 Å². The maximum Gasteiger partial charge on any atom is 0.171 e. The molecule has 0 aliphatic heterocycles. The fourth-order valence-electron chi connectivity index (χ4n) is 2.91. The van der Waals surface area contributed by atoms with Gasteiger partial charge in [-0.2, -0.15) is 0 Å². The summed E-state index contributed by atoms with van der Waals surface area (Å²) in [4.78, 5) is 0. The van der Waals surface area contributed by atoms with Gasteiger partial charge in [0.15, 0.2) is 5.11 Å². The number of halogens is 1. The Kier molecular flexibility index (Phi) is 4.17. The Morgan fingerprint density at radius 3 is 2.67 bits per heavy atom. The molecule has 0 spiro atoms. The van der Waals surface area contributed by atoms with Gasteiger partial charge in [-0.3, -0.25) is 0 Å². The van der Waals surface area contributed by atoms with E-state index >= 15 is 0 Å². The second kappa shape index (κ2) is 6.08. The molecule has 0 radical (unpaired) electrons. The summed E-state index contributed by atoms with van der Waals surface area (Å²) in [6.07, 6.45) is 6.11. The first-order chi connectivity index (χ1) is 10.2. The highest BCUT2D eigenvalue weighted by atomic mass is 35.5. The molecule has 5 heteroatoms. The van der Waals surface area contributed by atoms with Gasteiger partial charge in [0.25, 0.3) is 0 Å². The van der Waals surface area contributed by atoms with Crippen molar-refractivity contribution < 1.29 is 4.42 Å². The third-order valence-electron chi connectivity index (χ3n) is 3.89. The second-order valence-electron chi connectivity index (χ2n) is 5.36. The van der Waals surface area contributed by atoms with Crippen LogP contribution in [0.5, 0.6) is 0 Å². The molecule has 1 heterocycles. The van der Waals surface area contributed by atoms with Crippen LogP contribution < -0.4 is 10.6 Å². The van der Waals surface area contributed by atoms with Crippen LogP contribution in [0.3, 0.4) is 0 Å². The summed E-state index contributed by atoms with van der Waals surface area (Å²) in [7, 11) is 0. The molecule has 0 bridgehead atoms. The van der Waals surface area contributed by atoms with Crippen molar-refractivity contribution >= 4 is 34.6 Å². The minimum Gasteiger partial charge on any atom is -0.467 e. The number of rotatable bonds is 3. The fourth-order valence-corrected chi connectivity index (χ4v) is 3.41.